The molecular weight excluding hydrogens is 376 g/mol. The van der Waals surface area contributed by atoms with E-state index in [-0.39, 0.29) is 5.92 Å². The molecule has 0 saturated carbocycles. The summed E-state index contributed by atoms with van der Waals surface area (Å²) in [5.74, 6) is 0.198. The molecule has 0 radical (unpaired) electrons. The molecule has 0 amide bonds. The molecule has 0 heterocycles. The number of hydrogen-bond donors (Lipinski definition) is 1. The zero-order valence-corrected chi connectivity index (χ0v) is 12.6. The first-order valence-electron chi connectivity index (χ1n) is 4.26. The minimum Gasteiger partial charge on any atom is -0.388 e. The highest BCUT2D eigenvalue weighted by atomic mass is 79.9. The van der Waals surface area contributed by atoms with Gasteiger partial charge in [0, 0.05) is 19.0 Å². The van der Waals surface area contributed by atoms with Gasteiger partial charge in [0.1, 0.15) is 0 Å². The van der Waals surface area contributed by atoms with Gasteiger partial charge in [-0.3, -0.25) is 0 Å². The maximum Gasteiger partial charge on any atom is 0.0834 e. The molecule has 1 nitrogen and oxygen atoms in total. The Balaban J connectivity index is 3.20. The third-order valence-corrected chi connectivity index (χ3v) is 3.74. The summed E-state index contributed by atoms with van der Waals surface area (Å²) in [7, 11) is 0. The van der Waals surface area contributed by atoms with E-state index < -0.39 is 6.10 Å². The monoisotopic (exact) mass is 384 g/mol. The van der Waals surface area contributed by atoms with Crippen molar-refractivity contribution < 1.29 is 5.11 Å². The van der Waals surface area contributed by atoms with E-state index >= 15 is 0 Å². The van der Waals surface area contributed by atoms with Crippen LogP contribution in [0.2, 0.25) is 0 Å². The van der Waals surface area contributed by atoms with E-state index in [1.807, 2.05) is 26.0 Å². The summed E-state index contributed by atoms with van der Waals surface area (Å²) >= 11 is 10.3. The second kappa shape index (κ2) is 5.10. The standard InChI is InChI=1S/C10H11Br3O/c1-5(2)10(14)9-7(12)3-6(11)4-8(9)13/h3-5,10,14H,1-2H3. The number of aliphatic hydroxyl groups excluding tert-OH is 1. The molecule has 1 aromatic carbocycles. The zero-order chi connectivity index (χ0) is 10.9. The lowest BCUT2D eigenvalue weighted by molar-refractivity contribution is 0.125. The topological polar surface area (TPSA) is 20.2 Å². The summed E-state index contributed by atoms with van der Waals surface area (Å²) in [5, 5.41) is 9.98. The van der Waals surface area contributed by atoms with Crippen molar-refractivity contribution >= 4 is 47.8 Å². The minimum atomic E-state index is -0.452. The second-order valence-corrected chi connectivity index (χ2v) is 6.10. The lowest BCUT2D eigenvalue weighted by Gasteiger charge is -2.18. The van der Waals surface area contributed by atoms with E-state index in [4.69, 9.17) is 0 Å². The third kappa shape index (κ3) is 2.81. The number of rotatable bonds is 2. The highest BCUT2D eigenvalue weighted by Gasteiger charge is 2.18. The molecule has 14 heavy (non-hydrogen) atoms. The molecule has 4 heteroatoms. The van der Waals surface area contributed by atoms with Gasteiger partial charge in [0.05, 0.1) is 6.10 Å². The lowest BCUT2D eigenvalue weighted by atomic mass is 9.99. The smallest absolute Gasteiger partial charge is 0.0834 e. The van der Waals surface area contributed by atoms with Crippen LogP contribution in [0.25, 0.3) is 0 Å². The lowest BCUT2D eigenvalue weighted by Crippen LogP contribution is -2.07. The first kappa shape index (κ1) is 12.7. The van der Waals surface area contributed by atoms with Crippen molar-refractivity contribution in [1.29, 1.82) is 0 Å². The van der Waals surface area contributed by atoms with Crippen LogP contribution in [0.1, 0.15) is 25.5 Å². The van der Waals surface area contributed by atoms with Gasteiger partial charge in [0.2, 0.25) is 0 Å². The van der Waals surface area contributed by atoms with Gasteiger partial charge in [-0.25, -0.2) is 0 Å². The van der Waals surface area contributed by atoms with E-state index in [0.29, 0.717) is 0 Å². The summed E-state index contributed by atoms with van der Waals surface area (Å²) in [6.45, 7) is 3.98. The molecule has 0 aliphatic rings. The Morgan fingerprint density at radius 2 is 1.50 bits per heavy atom. The molecule has 1 aromatic rings. The van der Waals surface area contributed by atoms with Gasteiger partial charge in [-0.15, -0.1) is 0 Å². The van der Waals surface area contributed by atoms with Crippen LogP contribution in [-0.2, 0) is 0 Å². The van der Waals surface area contributed by atoms with E-state index in [2.05, 4.69) is 47.8 Å². The van der Waals surface area contributed by atoms with Crippen molar-refractivity contribution in [2.45, 2.75) is 20.0 Å². The highest BCUT2D eigenvalue weighted by Crippen LogP contribution is 2.36. The van der Waals surface area contributed by atoms with Crippen molar-refractivity contribution in [2.75, 3.05) is 0 Å². The Kier molecular flexibility index (Phi) is 4.62. The van der Waals surface area contributed by atoms with Gasteiger partial charge in [-0.1, -0.05) is 61.6 Å². The summed E-state index contributed by atoms with van der Waals surface area (Å²) in [5.41, 5.74) is 0.906. The maximum absolute atomic E-state index is 9.98. The Labute approximate surface area is 109 Å². The van der Waals surface area contributed by atoms with Crippen molar-refractivity contribution in [1.82, 2.24) is 0 Å². The second-order valence-electron chi connectivity index (χ2n) is 3.47. The van der Waals surface area contributed by atoms with Crippen LogP contribution < -0.4 is 0 Å². The van der Waals surface area contributed by atoms with Gasteiger partial charge in [-0.2, -0.15) is 0 Å². The van der Waals surface area contributed by atoms with Crippen molar-refractivity contribution in [3.8, 4) is 0 Å². The maximum atomic E-state index is 9.98. The summed E-state index contributed by atoms with van der Waals surface area (Å²) in [4.78, 5) is 0. The molecule has 0 fully saturated rings. The number of aliphatic hydroxyl groups is 1. The molecule has 1 unspecified atom stereocenters. The molecule has 1 N–H and O–H groups in total. The van der Waals surface area contributed by atoms with Crippen LogP contribution in [0.15, 0.2) is 25.6 Å². The fraction of sp³-hybridized carbons (Fsp3) is 0.400. The van der Waals surface area contributed by atoms with Crippen molar-refractivity contribution in [2.24, 2.45) is 5.92 Å². The first-order valence-corrected chi connectivity index (χ1v) is 6.64. The average molecular weight is 387 g/mol. The number of halogens is 3. The molecule has 0 bridgehead atoms. The van der Waals surface area contributed by atoms with Gasteiger partial charge < -0.3 is 5.11 Å². The van der Waals surface area contributed by atoms with Crippen LogP contribution in [0.5, 0.6) is 0 Å². The highest BCUT2D eigenvalue weighted by molar-refractivity contribution is 9.11. The summed E-state index contributed by atoms with van der Waals surface area (Å²) < 4.78 is 2.82. The number of benzene rings is 1. The Morgan fingerprint density at radius 1 is 1.07 bits per heavy atom. The van der Waals surface area contributed by atoms with Gasteiger partial charge in [0.25, 0.3) is 0 Å². The van der Waals surface area contributed by atoms with Crippen LogP contribution in [0.4, 0.5) is 0 Å². The molecule has 0 aromatic heterocycles. The normalized spacial score (nSPS) is 13.4. The van der Waals surface area contributed by atoms with E-state index in [9.17, 15) is 5.11 Å². The van der Waals surface area contributed by atoms with Crippen LogP contribution in [-0.4, -0.2) is 5.11 Å². The molecule has 1 atom stereocenters. The van der Waals surface area contributed by atoms with Gasteiger partial charge in [0.15, 0.2) is 0 Å². The fourth-order valence-corrected chi connectivity index (χ4v) is 3.90. The predicted molar refractivity (Wildman–Crippen MR) is 69.3 cm³/mol. The Bertz CT molecular complexity index is 313. The fourth-order valence-electron chi connectivity index (χ4n) is 1.17. The molecule has 78 valence electrons. The molecule has 0 spiro atoms. The Morgan fingerprint density at radius 3 is 1.86 bits per heavy atom. The zero-order valence-electron chi connectivity index (χ0n) is 7.89. The van der Waals surface area contributed by atoms with Gasteiger partial charge >= 0.3 is 0 Å². The average Bonchev–Trinajstić information content (AvgIpc) is 2.01. The van der Waals surface area contributed by atoms with Crippen LogP contribution >= 0.6 is 47.8 Å². The van der Waals surface area contributed by atoms with E-state index in [1.165, 1.54) is 0 Å². The first-order chi connectivity index (χ1) is 6.43. The van der Waals surface area contributed by atoms with Crippen LogP contribution in [0.3, 0.4) is 0 Å². The van der Waals surface area contributed by atoms with Gasteiger partial charge in [-0.05, 0) is 18.1 Å². The molecule has 1 rings (SSSR count). The Hall–Kier alpha value is 0.620. The molecule has 0 aliphatic heterocycles. The van der Waals surface area contributed by atoms with E-state index in [0.717, 1.165) is 19.0 Å². The quantitative estimate of drug-likeness (QED) is 0.783. The van der Waals surface area contributed by atoms with Crippen molar-refractivity contribution in [3.05, 3.63) is 31.1 Å². The van der Waals surface area contributed by atoms with Crippen molar-refractivity contribution in [3.63, 3.8) is 0 Å². The SMILES string of the molecule is CC(C)C(O)c1c(Br)cc(Br)cc1Br. The summed E-state index contributed by atoms with van der Waals surface area (Å²) in [6, 6.07) is 3.87. The van der Waals surface area contributed by atoms with E-state index in [1.54, 1.807) is 0 Å². The summed E-state index contributed by atoms with van der Waals surface area (Å²) in [6.07, 6.45) is -0.452. The largest absolute Gasteiger partial charge is 0.388 e. The minimum absolute atomic E-state index is 0.198. The molecule has 0 aliphatic carbocycles. The van der Waals surface area contributed by atoms with Crippen LogP contribution in [0, 0.1) is 5.92 Å². The third-order valence-electron chi connectivity index (χ3n) is 1.97. The predicted octanol–water partition coefficient (Wildman–Crippen LogP) is 4.66. The molecule has 0 saturated heterocycles. The number of hydrogen-bond acceptors (Lipinski definition) is 1. The molecular formula is C10H11Br3O.